The number of hydrogen-bond donors (Lipinski definition) is 1. The van der Waals surface area contributed by atoms with Gasteiger partial charge in [0.05, 0.1) is 31.8 Å². The number of thiophene rings is 1. The van der Waals surface area contributed by atoms with Gasteiger partial charge in [-0.3, -0.25) is 9.59 Å². The lowest BCUT2D eigenvalue weighted by Crippen LogP contribution is -2.14. The van der Waals surface area contributed by atoms with Gasteiger partial charge in [0.1, 0.15) is 5.00 Å². The highest BCUT2D eigenvalue weighted by Gasteiger charge is 2.19. The number of amides is 1. The molecule has 0 saturated carbocycles. The molecule has 2 rings (SSSR count). The molecule has 24 heavy (non-hydrogen) atoms. The van der Waals surface area contributed by atoms with Gasteiger partial charge in [0.15, 0.2) is 17.8 Å². The number of aldehydes is 1. The van der Waals surface area contributed by atoms with Gasteiger partial charge in [0, 0.05) is 5.56 Å². The first-order valence-electron chi connectivity index (χ1n) is 6.74. The van der Waals surface area contributed by atoms with Crippen molar-refractivity contribution >= 4 is 34.5 Å². The molecular formula is C16H15NO6S. The van der Waals surface area contributed by atoms with Crippen LogP contribution in [0.25, 0.3) is 0 Å². The minimum absolute atomic E-state index is 0.124. The summed E-state index contributed by atoms with van der Waals surface area (Å²) in [4.78, 5) is 35.4. The lowest BCUT2D eigenvalue weighted by atomic mass is 10.2. The highest BCUT2D eigenvalue weighted by atomic mass is 32.1. The van der Waals surface area contributed by atoms with Crippen molar-refractivity contribution in [3.8, 4) is 11.5 Å². The van der Waals surface area contributed by atoms with Crippen molar-refractivity contribution in [1.29, 1.82) is 0 Å². The summed E-state index contributed by atoms with van der Waals surface area (Å²) in [5.41, 5.74) is 0.433. The first kappa shape index (κ1) is 17.5. The zero-order valence-electron chi connectivity index (χ0n) is 13.2. The number of esters is 1. The molecule has 1 amide bonds. The average molecular weight is 349 g/mol. The van der Waals surface area contributed by atoms with Gasteiger partial charge >= 0.3 is 5.97 Å². The SMILES string of the molecule is COC(=O)c1cc(C=O)sc1NC(=O)c1ccc(OC)c(OC)c1. The molecule has 0 aliphatic rings. The maximum Gasteiger partial charge on any atom is 0.340 e. The zero-order valence-corrected chi connectivity index (χ0v) is 14.1. The molecule has 126 valence electrons. The van der Waals surface area contributed by atoms with E-state index in [1.165, 1.54) is 33.5 Å². The largest absolute Gasteiger partial charge is 0.493 e. The fraction of sp³-hybridized carbons (Fsp3) is 0.188. The number of methoxy groups -OCH3 is 3. The number of hydrogen-bond acceptors (Lipinski definition) is 7. The van der Waals surface area contributed by atoms with Gasteiger partial charge in [0.25, 0.3) is 5.91 Å². The molecular weight excluding hydrogens is 334 g/mol. The van der Waals surface area contributed by atoms with Crippen LogP contribution in [0.15, 0.2) is 24.3 Å². The molecule has 2 aromatic rings. The van der Waals surface area contributed by atoms with Crippen LogP contribution in [0.5, 0.6) is 11.5 Å². The van der Waals surface area contributed by atoms with E-state index in [1.807, 2.05) is 0 Å². The molecule has 0 aliphatic carbocycles. The Balaban J connectivity index is 2.31. The maximum absolute atomic E-state index is 12.4. The molecule has 7 nitrogen and oxygen atoms in total. The Bertz CT molecular complexity index is 783. The van der Waals surface area contributed by atoms with Crippen LogP contribution in [-0.2, 0) is 4.74 Å². The van der Waals surface area contributed by atoms with Gasteiger partial charge in [-0.2, -0.15) is 0 Å². The number of ether oxygens (including phenoxy) is 3. The van der Waals surface area contributed by atoms with Crippen LogP contribution in [-0.4, -0.2) is 39.5 Å². The van der Waals surface area contributed by atoms with Crippen LogP contribution >= 0.6 is 11.3 Å². The van der Waals surface area contributed by atoms with Crippen molar-refractivity contribution in [3.05, 3.63) is 40.3 Å². The van der Waals surface area contributed by atoms with Crippen LogP contribution in [0.2, 0.25) is 0 Å². The lowest BCUT2D eigenvalue weighted by Gasteiger charge is -2.10. The Morgan fingerprint density at radius 3 is 2.38 bits per heavy atom. The lowest BCUT2D eigenvalue weighted by molar-refractivity contribution is 0.0602. The highest BCUT2D eigenvalue weighted by Crippen LogP contribution is 2.30. The van der Waals surface area contributed by atoms with E-state index in [0.29, 0.717) is 28.2 Å². The predicted molar refractivity (Wildman–Crippen MR) is 88.5 cm³/mol. The monoisotopic (exact) mass is 349 g/mol. The Morgan fingerprint density at radius 2 is 1.79 bits per heavy atom. The van der Waals surface area contributed by atoms with E-state index in [9.17, 15) is 14.4 Å². The van der Waals surface area contributed by atoms with Gasteiger partial charge in [-0.15, -0.1) is 11.3 Å². The van der Waals surface area contributed by atoms with Gasteiger partial charge in [-0.05, 0) is 24.3 Å². The standard InChI is InChI=1S/C16H15NO6S/c1-21-12-5-4-9(6-13(12)22-2)14(19)17-15-11(16(20)23-3)7-10(8-18)24-15/h4-8H,1-3H3,(H,17,19). The molecule has 1 aromatic carbocycles. The summed E-state index contributed by atoms with van der Waals surface area (Å²) in [6.07, 6.45) is 0.600. The van der Waals surface area contributed by atoms with Crippen LogP contribution < -0.4 is 14.8 Å². The molecule has 0 fully saturated rings. The minimum atomic E-state index is -0.637. The average Bonchev–Trinajstić information content (AvgIpc) is 3.03. The molecule has 0 radical (unpaired) electrons. The summed E-state index contributed by atoms with van der Waals surface area (Å²) in [7, 11) is 4.18. The van der Waals surface area contributed by atoms with Crippen molar-refractivity contribution < 1.29 is 28.6 Å². The molecule has 0 saturated heterocycles. The van der Waals surface area contributed by atoms with E-state index in [2.05, 4.69) is 10.1 Å². The summed E-state index contributed by atoms with van der Waals surface area (Å²) < 4.78 is 14.9. The fourth-order valence-electron chi connectivity index (χ4n) is 1.98. The number of nitrogens with one attached hydrogen (secondary N) is 1. The third kappa shape index (κ3) is 3.54. The van der Waals surface area contributed by atoms with Crippen LogP contribution in [0.3, 0.4) is 0 Å². The summed E-state index contributed by atoms with van der Waals surface area (Å²) in [5.74, 6) is -0.205. The number of rotatable bonds is 6. The van der Waals surface area contributed by atoms with Gasteiger partial charge in [-0.1, -0.05) is 0 Å². The third-order valence-electron chi connectivity index (χ3n) is 3.15. The molecule has 0 bridgehead atoms. The summed E-state index contributed by atoms with van der Waals surface area (Å²) >= 11 is 0.987. The summed E-state index contributed by atoms with van der Waals surface area (Å²) in [5, 5.41) is 2.85. The molecule has 0 aliphatic heterocycles. The molecule has 0 atom stereocenters. The van der Waals surface area contributed by atoms with E-state index in [-0.39, 0.29) is 10.6 Å². The Morgan fingerprint density at radius 1 is 1.08 bits per heavy atom. The second-order valence-corrected chi connectivity index (χ2v) is 5.61. The van der Waals surface area contributed by atoms with Gasteiger partial charge in [0.2, 0.25) is 0 Å². The van der Waals surface area contributed by atoms with E-state index in [1.54, 1.807) is 12.1 Å². The third-order valence-corrected chi connectivity index (χ3v) is 4.12. The van der Waals surface area contributed by atoms with Crippen molar-refractivity contribution in [3.63, 3.8) is 0 Å². The van der Waals surface area contributed by atoms with E-state index in [4.69, 9.17) is 9.47 Å². The van der Waals surface area contributed by atoms with Crippen LogP contribution in [0, 0.1) is 0 Å². The molecule has 1 heterocycles. The maximum atomic E-state index is 12.4. The van der Waals surface area contributed by atoms with Crippen molar-refractivity contribution in [2.75, 3.05) is 26.6 Å². The molecule has 8 heteroatoms. The number of benzene rings is 1. The predicted octanol–water partition coefficient (Wildman–Crippen LogP) is 2.62. The quantitative estimate of drug-likeness (QED) is 0.637. The van der Waals surface area contributed by atoms with Gasteiger partial charge < -0.3 is 19.5 Å². The highest BCUT2D eigenvalue weighted by molar-refractivity contribution is 7.18. The number of anilines is 1. The molecule has 1 N–H and O–H groups in total. The number of carbonyl (C=O) groups is 3. The summed E-state index contributed by atoms with van der Waals surface area (Å²) in [6, 6.07) is 6.04. The Hall–Kier alpha value is -2.87. The van der Waals surface area contributed by atoms with E-state index in [0.717, 1.165) is 11.3 Å². The summed E-state index contributed by atoms with van der Waals surface area (Å²) in [6.45, 7) is 0. The van der Waals surface area contributed by atoms with Crippen molar-refractivity contribution in [2.45, 2.75) is 0 Å². The Labute approximate surface area is 142 Å². The minimum Gasteiger partial charge on any atom is -0.493 e. The van der Waals surface area contributed by atoms with Crippen molar-refractivity contribution in [2.24, 2.45) is 0 Å². The molecule has 1 aromatic heterocycles. The first-order chi connectivity index (χ1) is 11.5. The first-order valence-corrected chi connectivity index (χ1v) is 7.56. The smallest absolute Gasteiger partial charge is 0.340 e. The second-order valence-electron chi connectivity index (χ2n) is 4.52. The van der Waals surface area contributed by atoms with E-state index >= 15 is 0 Å². The zero-order chi connectivity index (χ0) is 17.7. The second kappa shape index (κ2) is 7.60. The topological polar surface area (TPSA) is 90.9 Å². The van der Waals surface area contributed by atoms with Crippen LogP contribution in [0.1, 0.15) is 30.4 Å². The van der Waals surface area contributed by atoms with Crippen molar-refractivity contribution in [1.82, 2.24) is 0 Å². The molecule has 0 unspecified atom stereocenters. The Kier molecular flexibility index (Phi) is 5.54. The van der Waals surface area contributed by atoms with E-state index < -0.39 is 11.9 Å². The number of carbonyl (C=O) groups excluding carboxylic acids is 3. The molecule has 0 spiro atoms. The fourth-order valence-corrected chi connectivity index (χ4v) is 2.83. The normalized spacial score (nSPS) is 9.96. The van der Waals surface area contributed by atoms with Crippen LogP contribution in [0.4, 0.5) is 5.00 Å². The van der Waals surface area contributed by atoms with Gasteiger partial charge in [-0.25, -0.2) is 4.79 Å².